The number of ether oxygens (including phenoxy) is 2. The summed E-state index contributed by atoms with van der Waals surface area (Å²) in [5.41, 5.74) is 3.36. The Balaban J connectivity index is 1.50. The molecule has 3 aromatic rings. The van der Waals surface area contributed by atoms with Crippen LogP contribution in [0.2, 0.25) is 0 Å². The van der Waals surface area contributed by atoms with E-state index in [1.807, 2.05) is 47.4 Å². The van der Waals surface area contributed by atoms with Gasteiger partial charge in [0.2, 0.25) is 12.7 Å². The molecule has 3 heterocycles. The second-order valence-electron chi connectivity index (χ2n) is 9.71. The number of amides is 1. The Morgan fingerprint density at radius 2 is 1.80 bits per heavy atom. The van der Waals surface area contributed by atoms with Crippen molar-refractivity contribution in [1.82, 2.24) is 10.1 Å². The van der Waals surface area contributed by atoms with Gasteiger partial charge in [-0.25, -0.2) is 0 Å². The lowest BCUT2D eigenvalue weighted by molar-refractivity contribution is 0.0735. The highest BCUT2D eigenvalue weighted by Gasteiger charge is 2.28. The third-order valence-corrected chi connectivity index (χ3v) is 6.69. The summed E-state index contributed by atoms with van der Waals surface area (Å²) in [4.78, 5) is 18.0. The Kier molecular flexibility index (Phi) is 6.93. The van der Waals surface area contributed by atoms with Gasteiger partial charge in [0, 0.05) is 30.8 Å². The number of aromatic nitrogens is 1. The van der Waals surface area contributed by atoms with Gasteiger partial charge in [-0.3, -0.25) is 4.79 Å². The summed E-state index contributed by atoms with van der Waals surface area (Å²) in [5.74, 6) is 2.52. The van der Waals surface area contributed by atoms with Crippen LogP contribution in [-0.4, -0.2) is 42.4 Å². The molecule has 35 heavy (non-hydrogen) atoms. The minimum Gasteiger partial charge on any atom is -0.454 e. The van der Waals surface area contributed by atoms with Gasteiger partial charge >= 0.3 is 0 Å². The van der Waals surface area contributed by atoms with E-state index in [-0.39, 0.29) is 12.7 Å². The predicted octanol–water partition coefficient (Wildman–Crippen LogP) is 5.75. The Hall–Kier alpha value is -3.48. The number of carbonyl (C=O) groups is 1. The summed E-state index contributed by atoms with van der Waals surface area (Å²) < 4.78 is 16.9. The minimum absolute atomic E-state index is 0.0336. The number of hydrogen-bond donors (Lipinski definition) is 0. The predicted molar refractivity (Wildman–Crippen MR) is 135 cm³/mol. The normalized spacial score (nSPS) is 15.0. The molecule has 0 aliphatic carbocycles. The zero-order valence-corrected chi connectivity index (χ0v) is 20.5. The molecule has 5 rings (SSSR count). The fraction of sp³-hybridized carbons (Fsp3) is 0.429. The highest BCUT2D eigenvalue weighted by Crippen LogP contribution is 2.36. The molecule has 0 radical (unpaired) electrons. The molecule has 0 bridgehead atoms. The van der Waals surface area contributed by atoms with Gasteiger partial charge in [0.05, 0.1) is 12.1 Å². The first-order valence-corrected chi connectivity index (χ1v) is 12.6. The van der Waals surface area contributed by atoms with Crippen molar-refractivity contribution in [2.24, 2.45) is 5.92 Å². The molecule has 0 atom stereocenters. The van der Waals surface area contributed by atoms with Gasteiger partial charge in [0.25, 0.3) is 5.91 Å². The smallest absolute Gasteiger partial charge is 0.254 e. The molecule has 2 aliphatic heterocycles. The van der Waals surface area contributed by atoms with Crippen LogP contribution in [0.5, 0.6) is 11.5 Å². The first-order chi connectivity index (χ1) is 17.1. The second kappa shape index (κ2) is 10.4. The minimum atomic E-state index is -0.0336. The maximum atomic E-state index is 13.8. The lowest BCUT2D eigenvalue weighted by Gasteiger charge is -2.29. The van der Waals surface area contributed by atoms with Crippen molar-refractivity contribution in [3.05, 3.63) is 59.7 Å². The molecule has 0 spiro atoms. The van der Waals surface area contributed by atoms with Crippen molar-refractivity contribution in [2.75, 3.05) is 31.3 Å². The average molecular weight is 476 g/mol. The molecule has 7 heteroatoms. The second-order valence-corrected chi connectivity index (χ2v) is 9.71. The van der Waals surface area contributed by atoms with Crippen molar-refractivity contribution in [3.8, 4) is 22.8 Å². The molecule has 184 valence electrons. The fourth-order valence-electron chi connectivity index (χ4n) is 4.68. The molecular formula is C28H33N3O4. The Labute approximate surface area is 206 Å². The van der Waals surface area contributed by atoms with E-state index in [1.165, 1.54) is 6.42 Å². The van der Waals surface area contributed by atoms with Crippen LogP contribution >= 0.6 is 0 Å². The summed E-state index contributed by atoms with van der Waals surface area (Å²) in [6.07, 6.45) is 4.40. The van der Waals surface area contributed by atoms with Gasteiger partial charge in [0.15, 0.2) is 11.5 Å². The van der Waals surface area contributed by atoms with Crippen LogP contribution in [0.25, 0.3) is 11.3 Å². The van der Waals surface area contributed by atoms with Crippen molar-refractivity contribution in [1.29, 1.82) is 0 Å². The third kappa shape index (κ3) is 5.14. The van der Waals surface area contributed by atoms with Crippen LogP contribution < -0.4 is 14.4 Å². The monoisotopic (exact) mass is 475 g/mol. The standard InChI is InChI=1S/C28H33N3O4/c1-20(2)13-16-31(27(32)22-11-12-24-25(17-22)34-19-33-24)18-23-26(21-9-5-3-6-10-21)29-35-28(23)30-14-7-4-8-15-30/h3,5-6,9-12,17,20H,4,7-8,13-16,18-19H2,1-2H3. The number of benzene rings is 2. The van der Waals surface area contributed by atoms with E-state index >= 15 is 0 Å². The van der Waals surface area contributed by atoms with Crippen molar-refractivity contribution in [2.45, 2.75) is 46.1 Å². The fourth-order valence-corrected chi connectivity index (χ4v) is 4.68. The van der Waals surface area contributed by atoms with E-state index in [0.717, 1.165) is 55.1 Å². The SMILES string of the molecule is CC(C)CCN(Cc1c(-c2ccccc2)noc1N1CCCCC1)C(=O)c1ccc2c(c1)OCO2. The highest BCUT2D eigenvalue weighted by atomic mass is 16.7. The molecule has 1 fully saturated rings. The van der Waals surface area contributed by atoms with Crippen LogP contribution in [0.4, 0.5) is 5.88 Å². The molecule has 0 saturated carbocycles. The highest BCUT2D eigenvalue weighted by molar-refractivity contribution is 5.95. The quantitative estimate of drug-likeness (QED) is 0.413. The number of anilines is 1. The number of fused-ring (bicyclic) bond motifs is 1. The third-order valence-electron chi connectivity index (χ3n) is 6.69. The molecule has 0 N–H and O–H groups in total. The molecule has 1 amide bonds. The number of rotatable bonds is 8. The number of piperidine rings is 1. The molecule has 0 unspecified atom stereocenters. The van der Waals surface area contributed by atoms with Crippen molar-refractivity contribution in [3.63, 3.8) is 0 Å². The zero-order valence-electron chi connectivity index (χ0n) is 20.5. The Morgan fingerprint density at radius 1 is 1.03 bits per heavy atom. The van der Waals surface area contributed by atoms with Crippen molar-refractivity contribution < 1.29 is 18.8 Å². The van der Waals surface area contributed by atoms with Gasteiger partial charge in [-0.1, -0.05) is 49.3 Å². The van der Waals surface area contributed by atoms with Crippen LogP contribution in [-0.2, 0) is 6.54 Å². The van der Waals surface area contributed by atoms with Crippen LogP contribution in [0.3, 0.4) is 0 Å². The van der Waals surface area contributed by atoms with Gasteiger partial charge in [-0.2, -0.15) is 0 Å². The summed E-state index contributed by atoms with van der Waals surface area (Å²) in [7, 11) is 0. The average Bonchev–Trinajstić information content (AvgIpc) is 3.53. The molecule has 2 aromatic carbocycles. The summed E-state index contributed by atoms with van der Waals surface area (Å²) in [6, 6.07) is 15.5. The summed E-state index contributed by atoms with van der Waals surface area (Å²) in [5, 5.41) is 4.50. The topological polar surface area (TPSA) is 68.0 Å². The van der Waals surface area contributed by atoms with Gasteiger partial charge in [-0.05, 0) is 49.8 Å². The summed E-state index contributed by atoms with van der Waals surface area (Å²) in [6.45, 7) is 7.50. The molecule has 7 nitrogen and oxygen atoms in total. The molecular weight excluding hydrogens is 442 g/mol. The number of carbonyl (C=O) groups excluding carboxylic acids is 1. The van der Waals surface area contributed by atoms with Gasteiger partial charge < -0.3 is 23.8 Å². The number of hydrogen-bond acceptors (Lipinski definition) is 6. The van der Waals surface area contributed by atoms with Gasteiger partial charge in [-0.15, -0.1) is 0 Å². The maximum absolute atomic E-state index is 13.8. The van der Waals surface area contributed by atoms with Crippen LogP contribution in [0.1, 0.15) is 55.5 Å². The Bertz CT molecular complexity index is 1150. The van der Waals surface area contributed by atoms with E-state index in [1.54, 1.807) is 6.07 Å². The van der Waals surface area contributed by atoms with Crippen molar-refractivity contribution >= 4 is 11.8 Å². The first kappa shape index (κ1) is 23.3. The zero-order chi connectivity index (χ0) is 24.2. The number of nitrogens with zero attached hydrogens (tertiary/aromatic N) is 3. The van der Waals surface area contributed by atoms with Crippen LogP contribution in [0.15, 0.2) is 53.1 Å². The van der Waals surface area contributed by atoms with E-state index in [4.69, 9.17) is 14.0 Å². The Morgan fingerprint density at radius 3 is 2.57 bits per heavy atom. The maximum Gasteiger partial charge on any atom is 0.254 e. The van der Waals surface area contributed by atoms with Gasteiger partial charge in [0.1, 0.15) is 5.69 Å². The van der Waals surface area contributed by atoms with Crippen LogP contribution in [0, 0.1) is 5.92 Å². The first-order valence-electron chi connectivity index (χ1n) is 12.6. The van der Waals surface area contributed by atoms with E-state index in [0.29, 0.717) is 36.1 Å². The lowest BCUT2D eigenvalue weighted by Crippen LogP contribution is -2.34. The molecule has 1 saturated heterocycles. The summed E-state index contributed by atoms with van der Waals surface area (Å²) >= 11 is 0. The molecule has 2 aliphatic rings. The van der Waals surface area contributed by atoms with E-state index < -0.39 is 0 Å². The van der Waals surface area contributed by atoms with E-state index in [9.17, 15) is 4.79 Å². The largest absolute Gasteiger partial charge is 0.454 e. The lowest BCUT2D eigenvalue weighted by atomic mass is 10.0. The van der Waals surface area contributed by atoms with E-state index in [2.05, 4.69) is 23.9 Å². The molecule has 1 aromatic heterocycles.